The van der Waals surface area contributed by atoms with Gasteiger partial charge < -0.3 is 15.4 Å². The molecule has 1 heterocycles. The number of pyridine rings is 1. The largest absolute Gasteiger partial charge is 0.385 e. The Balaban J connectivity index is 1.82. The molecule has 0 saturated heterocycles. The number of carbonyl (C=O) groups is 1. The molecule has 128 valence electrons. The Kier molecular flexibility index (Phi) is 7.52. The second kappa shape index (κ2) is 9.90. The van der Waals surface area contributed by atoms with Crippen LogP contribution in [0.25, 0.3) is 0 Å². The van der Waals surface area contributed by atoms with Crippen molar-refractivity contribution >= 4 is 23.3 Å². The van der Waals surface area contributed by atoms with Crippen LogP contribution in [0.3, 0.4) is 0 Å². The van der Waals surface area contributed by atoms with Gasteiger partial charge in [-0.25, -0.2) is 4.98 Å². The van der Waals surface area contributed by atoms with E-state index in [0.717, 1.165) is 23.4 Å². The van der Waals surface area contributed by atoms with E-state index in [2.05, 4.69) is 15.6 Å². The first-order valence-corrected chi connectivity index (χ1v) is 8.28. The van der Waals surface area contributed by atoms with E-state index in [4.69, 9.17) is 16.3 Å². The minimum absolute atomic E-state index is 0.105. The number of rotatable bonds is 9. The number of benzene rings is 1. The molecule has 0 aliphatic carbocycles. The van der Waals surface area contributed by atoms with Crippen LogP contribution < -0.4 is 10.6 Å². The van der Waals surface area contributed by atoms with Crippen molar-refractivity contribution in [3.05, 3.63) is 58.7 Å². The van der Waals surface area contributed by atoms with Gasteiger partial charge in [-0.05, 0) is 42.7 Å². The fourth-order valence-electron chi connectivity index (χ4n) is 2.22. The molecule has 1 aromatic carbocycles. The van der Waals surface area contributed by atoms with Crippen molar-refractivity contribution in [1.82, 2.24) is 10.3 Å². The first-order valence-electron chi connectivity index (χ1n) is 7.90. The highest BCUT2D eigenvalue weighted by atomic mass is 35.5. The second-order valence-electron chi connectivity index (χ2n) is 5.34. The number of nitrogens with zero attached hydrogens (tertiary/aromatic N) is 1. The summed E-state index contributed by atoms with van der Waals surface area (Å²) in [4.78, 5) is 16.3. The topological polar surface area (TPSA) is 63.2 Å². The summed E-state index contributed by atoms with van der Waals surface area (Å²) in [7, 11) is 1.64. The lowest BCUT2D eigenvalue weighted by molar-refractivity contribution is 0.0948. The Hall–Kier alpha value is -2.11. The van der Waals surface area contributed by atoms with Crippen LogP contribution in [0.15, 0.2) is 42.6 Å². The third-order valence-electron chi connectivity index (χ3n) is 3.44. The molecule has 0 fully saturated rings. The molecule has 0 atom stereocenters. The summed E-state index contributed by atoms with van der Waals surface area (Å²) in [5, 5.41) is 6.82. The van der Waals surface area contributed by atoms with Gasteiger partial charge in [-0.15, -0.1) is 0 Å². The van der Waals surface area contributed by atoms with E-state index in [1.807, 2.05) is 24.3 Å². The van der Waals surface area contributed by atoms with Crippen molar-refractivity contribution in [3.63, 3.8) is 0 Å². The van der Waals surface area contributed by atoms with E-state index in [1.54, 1.807) is 25.4 Å². The fraction of sp³-hybridized carbons (Fsp3) is 0.333. The number of ether oxygens (including phenoxy) is 1. The number of hydrogen-bond acceptors (Lipinski definition) is 4. The average molecular weight is 348 g/mol. The van der Waals surface area contributed by atoms with Gasteiger partial charge in [-0.2, -0.15) is 0 Å². The summed E-state index contributed by atoms with van der Waals surface area (Å²) in [5.41, 5.74) is 1.75. The quantitative estimate of drug-likeness (QED) is 0.684. The number of hydrogen-bond donors (Lipinski definition) is 2. The molecule has 24 heavy (non-hydrogen) atoms. The van der Waals surface area contributed by atoms with Gasteiger partial charge in [-0.3, -0.25) is 4.79 Å². The monoisotopic (exact) mass is 347 g/mol. The highest BCUT2D eigenvalue weighted by Crippen LogP contribution is 2.12. The van der Waals surface area contributed by atoms with Gasteiger partial charge >= 0.3 is 0 Å². The van der Waals surface area contributed by atoms with Crippen LogP contribution in [0.1, 0.15) is 22.3 Å². The molecule has 0 radical (unpaired) electrons. The van der Waals surface area contributed by atoms with Gasteiger partial charge in [0.2, 0.25) is 0 Å². The molecule has 0 spiro atoms. The van der Waals surface area contributed by atoms with Crippen molar-refractivity contribution in [2.45, 2.75) is 12.8 Å². The number of nitrogens with one attached hydrogen (secondary N) is 2. The highest BCUT2D eigenvalue weighted by molar-refractivity contribution is 6.30. The minimum atomic E-state index is -0.105. The van der Waals surface area contributed by atoms with Crippen molar-refractivity contribution in [2.75, 3.05) is 32.1 Å². The van der Waals surface area contributed by atoms with Crippen LogP contribution in [-0.4, -0.2) is 37.7 Å². The van der Waals surface area contributed by atoms with E-state index < -0.39 is 0 Å². The summed E-state index contributed by atoms with van der Waals surface area (Å²) in [5.74, 6) is 0.577. The molecular formula is C18H22ClN3O2. The number of carbonyl (C=O) groups excluding carboxylic acids is 1. The lowest BCUT2D eigenvalue weighted by Gasteiger charge is -2.08. The Bertz CT molecular complexity index is 664. The second-order valence-corrected chi connectivity index (χ2v) is 5.78. The van der Waals surface area contributed by atoms with Crippen molar-refractivity contribution in [3.8, 4) is 0 Å². The summed E-state index contributed by atoms with van der Waals surface area (Å²) in [6.45, 7) is 1.94. The van der Waals surface area contributed by atoms with Gasteiger partial charge in [0.25, 0.3) is 5.91 Å². The van der Waals surface area contributed by atoms with E-state index in [1.165, 1.54) is 0 Å². The van der Waals surface area contributed by atoms with Gasteiger partial charge in [0.1, 0.15) is 5.82 Å². The number of halogens is 1. The zero-order valence-electron chi connectivity index (χ0n) is 13.7. The molecule has 2 N–H and O–H groups in total. The van der Waals surface area contributed by atoms with E-state index in [9.17, 15) is 4.79 Å². The Morgan fingerprint density at radius 1 is 1.25 bits per heavy atom. The maximum absolute atomic E-state index is 12.1. The average Bonchev–Trinajstić information content (AvgIpc) is 2.59. The fourth-order valence-corrected chi connectivity index (χ4v) is 2.43. The molecule has 0 bridgehead atoms. The first kappa shape index (κ1) is 18.2. The van der Waals surface area contributed by atoms with Crippen molar-refractivity contribution in [2.24, 2.45) is 0 Å². The van der Waals surface area contributed by atoms with Crippen LogP contribution in [0.5, 0.6) is 0 Å². The zero-order valence-corrected chi connectivity index (χ0v) is 14.5. The number of aromatic nitrogens is 1. The predicted molar refractivity (Wildman–Crippen MR) is 96.7 cm³/mol. The Labute approximate surface area is 147 Å². The Morgan fingerprint density at radius 2 is 2.12 bits per heavy atom. The molecule has 0 aliphatic heterocycles. The highest BCUT2D eigenvalue weighted by Gasteiger charge is 2.06. The van der Waals surface area contributed by atoms with Crippen LogP contribution in [0.4, 0.5) is 5.82 Å². The summed E-state index contributed by atoms with van der Waals surface area (Å²) < 4.78 is 4.96. The van der Waals surface area contributed by atoms with Crippen LogP contribution in [0, 0.1) is 0 Å². The van der Waals surface area contributed by atoms with Crippen LogP contribution >= 0.6 is 11.6 Å². The van der Waals surface area contributed by atoms with Gasteiger partial charge in [0.15, 0.2) is 0 Å². The van der Waals surface area contributed by atoms with Gasteiger partial charge in [0, 0.05) is 43.6 Å². The molecular weight excluding hydrogens is 326 g/mol. The molecule has 1 amide bonds. The van der Waals surface area contributed by atoms with Gasteiger partial charge in [0.05, 0.1) is 0 Å². The normalized spacial score (nSPS) is 10.4. The molecule has 2 aromatic rings. The molecule has 5 nitrogen and oxygen atoms in total. The van der Waals surface area contributed by atoms with Crippen molar-refractivity contribution < 1.29 is 9.53 Å². The standard InChI is InChI=1S/C18H22ClN3O2/c1-24-11-3-8-22-18(23)15-7-10-21-17(13-15)20-9-6-14-4-2-5-16(19)12-14/h2,4-5,7,10,12-13H,3,6,8-9,11H2,1H3,(H,20,21)(H,22,23). The molecule has 1 aromatic heterocycles. The molecule has 0 saturated carbocycles. The molecule has 0 aliphatic rings. The maximum Gasteiger partial charge on any atom is 0.251 e. The maximum atomic E-state index is 12.1. The van der Waals surface area contributed by atoms with Gasteiger partial charge in [-0.1, -0.05) is 23.7 Å². The number of anilines is 1. The van der Waals surface area contributed by atoms with E-state index in [-0.39, 0.29) is 5.91 Å². The molecule has 6 heteroatoms. The predicted octanol–water partition coefficient (Wildman–Crippen LogP) is 3.16. The molecule has 0 unspecified atom stereocenters. The Morgan fingerprint density at radius 3 is 2.92 bits per heavy atom. The smallest absolute Gasteiger partial charge is 0.251 e. The summed E-state index contributed by atoms with van der Waals surface area (Å²) >= 11 is 5.97. The van der Waals surface area contributed by atoms with E-state index in [0.29, 0.717) is 31.1 Å². The summed E-state index contributed by atoms with van der Waals surface area (Å²) in [6.07, 6.45) is 3.25. The SMILES string of the molecule is COCCCNC(=O)c1ccnc(NCCc2cccc(Cl)c2)c1. The number of methoxy groups -OCH3 is 1. The minimum Gasteiger partial charge on any atom is -0.385 e. The first-order chi connectivity index (χ1) is 11.7. The van der Waals surface area contributed by atoms with Crippen molar-refractivity contribution in [1.29, 1.82) is 0 Å². The summed E-state index contributed by atoms with van der Waals surface area (Å²) in [6, 6.07) is 11.2. The van der Waals surface area contributed by atoms with E-state index >= 15 is 0 Å². The van der Waals surface area contributed by atoms with Crippen LogP contribution in [-0.2, 0) is 11.2 Å². The zero-order chi connectivity index (χ0) is 17.2. The van der Waals surface area contributed by atoms with Crippen LogP contribution in [0.2, 0.25) is 5.02 Å². The lowest BCUT2D eigenvalue weighted by Crippen LogP contribution is -2.25. The number of amides is 1. The lowest BCUT2D eigenvalue weighted by atomic mass is 10.1. The molecule has 2 rings (SSSR count). The third-order valence-corrected chi connectivity index (χ3v) is 3.68. The third kappa shape index (κ3) is 6.18.